The summed E-state index contributed by atoms with van der Waals surface area (Å²) in [7, 11) is 0. The number of hydrogen-bond acceptors (Lipinski definition) is 3. The Kier molecular flexibility index (Phi) is 2.57. The van der Waals surface area contributed by atoms with E-state index in [2.05, 4.69) is 34.5 Å². The van der Waals surface area contributed by atoms with Crippen molar-refractivity contribution in [1.82, 2.24) is 4.98 Å². The van der Waals surface area contributed by atoms with E-state index in [4.69, 9.17) is 4.98 Å². The smallest absolute Gasteiger partial charge is 0.136 e. The third-order valence-corrected chi connectivity index (χ3v) is 4.12. The highest BCUT2D eigenvalue weighted by molar-refractivity contribution is 6.00. The van der Waals surface area contributed by atoms with Crippen LogP contribution in [0.2, 0.25) is 0 Å². The van der Waals surface area contributed by atoms with Crippen LogP contribution in [0.15, 0.2) is 30.5 Å². The van der Waals surface area contributed by atoms with Crippen molar-refractivity contribution in [2.75, 3.05) is 23.3 Å². The molecule has 0 amide bonds. The first-order chi connectivity index (χ1) is 9.42. The molecule has 1 saturated carbocycles. The van der Waals surface area contributed by atoms with Crippen LogP contribution >= 0.6 is 0 Å². The summed E-state index contributed by atoms with van der Waals surface area (Å²) in [5.41, 5.74) is 1.20. The molecule has 4 rings (SSSR count). The van der Waals surface area contributed by atoms with E-state index in [-0.39, 0.29) is 0 Å². The van der Waals surface area contributed by atoms with Crippen molar-refractivity contribution in [3.63, 3.8) is 0 Å². The zero-order chi connectivity index (χ0) is 12.7. The van der Waals surface area contributed by atoms with Crippen molar-refractivity contribution in [1.29, 1.82) is 0 Å². The molecule has 0 atom stereocenters. The lowest BCUT2D eigenvalue weighted by molar-refractivity contribution is 0.945. The highest BCUT2D eigenvalue weighted by atomic mass is 15.2. The number of hydrogen-bond donors (Lipinski definition) is 1. The number of pyridine rings is 1. The second-order valence-corrected chi connectivity index (χ2v) is 5.65. The van der Waals surface area contributed by atoms with Crippen molar-refractivity contribution in [3.8, 4) is 0 Å². The molecule has 98 valence electrons. The molecule has 2 aromatic rings. The fourth-order valence-corrected chi connectivity index (χ4v) is 2.92. The number of benzene rings is 1. The SMILES string of the molecule is c1ccc2c(N3CCCC3)ncc(NC3CC3)c2c1. The standard InChI is InChI=1S/C16H19N3/c1-2-6-14-13(5-1)15(18-12-7-8-12)11-17-16(14)19-9-3-4-10-19/h1-2,5-6,11-12,18H,3-4,7-10H2. The molecule has 1 aliphatic carbocycles. The molecule has 0 bridgehead atoms. The molecule has 1 aromatic carbocycles. The Hall–Kier alpha value is -1.77. The Bertz CT molecular complexity index is 598. The van der Waals surface area contributed by atoms with Crippen LogP contribution < -0.4 is 10.2 Å². The largest absolute Gasteiger partial charge is 0.381 e. The molecular weight excluding hydrogens is 234 g/mol. The molecule has 3 nitrogen and oxygen atoms in total. The van der Waals surface area contributed by atoms with Crippen LogP contribution in [0, 0.1) is 0 Å². The van der Waals surface area contributed by atoms with Gasteiger partial charge in [0, 0.05) is 29.9 Å². The molecule has 1 saturated heterocycles. The number of anilines is 2. The van der Waals surface area contributed by atoms with Gasteiger partial charge in [-0.1, -0.05) is 24.3 Å². The topological polar surface area (TPSA) is 28.2 Å². The number of nitrogens with one attached hydrogen (secondary N) is 1. The van der Waals surface area contributed by atoms with Crippen molar-refractivity contribution in [2.45, 2.75) is 31.7 Å². The predicted molar refractivity (Wildman–Crippen MR) is 79.8 cm³/mol. The zero-order valence-electron chi connectivity index (χ0n) is 11.1. The van der Waals surface area contributed by atoms with Crippen LogP contribution in [0.5, 0.6) is 0 Å². The summed E-state index contributed by atoms with van der Waals surface area (Å²) < 4.78 is 0. The third kappa shape index (κ3) is 2.03. The summed E-state index contributed by atoms with van der Waals surface area (Å²) >= 11 is 0. The van der Waals surface area contributed by atoms with Gasteiger partial charge in [-0.3, -0.25) is 0 Å². The molecule has 3 heteroatoms. The van der Waals surface area contributed by atoms with Crippen molar-refractivity contribution >= 4 is 22.3 Å². The lowest BCUT2D eigenvalue weighted by atomic mass is 10.1. The van der Waals surface area contributed by atoms with Crippen molar-refractivity contribution in [3.05, 3.63) is 30.5 Å². The molecule has 19 heavy (non-hydrogen) atoms. The molecule has 0 radical (unpaired) electrons. The first kappa shape index (κ1) is 11.1. The van der Waals surface area contributed by atoms with E-state index in [1.54, 1.807) is 0 Å². The van der Waals surface area contributed by atoms with Gasteiger partial charge in [0.05, 0.1) is 11.9 Å². The molecule has 1 aliphatic heterocycles. The predicted octanol–water partition coefficient (Wildman–Crippen LogP) is 3.41. The fourth-order valence-electron chi connectivity index (χ4n) is 2.92. The molecule has 2 heterocycles. The van der Waals surface area contributed by atoms with E-state index >= 15 is 0 Å². The van der Waals surface area contributed by atoms with Crippen LogP contribution in [-0.2, 0) is 0 Å². The Morgan fingerprint density at radius 2 is 1.79 bits per heavy atom. The van der Waals surface area contributed by atoms with E-state index in [1.165, 1.54) is 42.1 Å². The normalized spacial score (nSPS) is 19.1. The number of aromatic nitrogens is 1. The average Bonchev–Trinajstić information content (AvgIpc) is 3.10. The van der Waals surface area contributed by atoms with E-state index in [0.717, 1.165) is 18.9 Å². The van der Waals surface area contributed by atoms with Gasteiger partial charge in [0.1, 0.15) is 5.82 Å². The van der Waals surface area contributed by atoms with E-state index in [1.807, 2.05) is 6.20 Å². The summed E-state index contributed by atoms with van der Waals surface area (Å²) in [6.45, 7) is 2.29. The minimum atomic E-state index is 0.669. The minimum Gasteiger partial charge on any atom is -0.381 e. The fraction of sp³-hybridized carbons (Fsp3) is 0.438. The lowest BCUT2D eigenvalue weighted by Gasteiger charge is -2.20. The van der Waals surface area contributed by atoms with Gasteiger partial charge in [0.2, 0.25) is 0 Å². The second kappa shape index (κ2) is 4.41. The first-order valence-electron chi connectivity index (χ1n) is 7.31. The molecule has 0 spiro atoms. The van der Waals surface area contributed by atoms with Crippen LogP contribution in [0.25, 0.3) is 10.8 Å². The van der Waals surface area contributed by atoms with E-state index in [0.29, 0.717) is 6.04 Å². The van der Waals surface area contributed by atoms with E-state index < -0.39 is 0 Å². The average molecular weight is 253 g/mol. The van der Waals surface area contributed by atoms with Crippen molar-refractivity contribution < 1.29 is 0 Å². The third-order valence-electron chi connectivity index (χ3n) is 4.12. The maximum absolute atomic E-state index is 4.73. The molecular formula is C16H19N3. The first-order valence-corrected chi connectivity index (χ1v) is 7.31. The Balaban J connectivity index is 1.81. The summed E-state index contributed by atoms with van der Waals surface area (Å²) in [5.74, 6) is 1.16. The van der Waals surface area contributed by atoms with Gasteiger partial charge in [-0.05, 0) is 25.7 Å². The molecule has 1 N–H and O–H groups in total. The number of rotatable bonds is 3. The van der Waals surface area contributed by atoms with Gasteiger partial charge < -0.3 is 10.2 Å². The Labute approximate surface area is 113 Å². The summed E-state index contributed by atoms with van der Waals surface area (Å²) in [6, 6.07) is 9.32. The Morgan fingerprint density at radius 1 is 1.05 bits per heavy atom. The highest BCUT2D eigenvalue weighted by Crippen LogP contribution is 2.34. The Morgan fingerprint density at radius 3 is 2.53 bits per heavy atom. The summed E-state index contributed by atoms with van der Waals surface area (Å²) in [6.07, 6.45) is 7.19. The maximum atomic E-state index is 4.73. The molecule has 0 unspecified atom stereocenters. The summed E-state index contributed by atoms with van der Waals surface area (Å²) in [5, 5.41) is 6.19. The van der Waals surface area contributed by atoms with Crippen LogP contribution in [0.3, 0.4) is 0 Å². The zero-order valence-corrected chi connectivity index (χ0v) is 11.1. The van der Waals surface area contributed by atoms with Crippen LogP contribution in [0.1, 0.15) is 25.7 Å². The quantitative estimate of drug-likeness (QED) is 0.908. The van der Waals surface area contributed by atoms with Gasteiger partial charge in [0.25, 0.3) is 0 Å². The van der Waals surface area contributed by atoms with Crippen molar-refractivity contribution in [2.24, 2.45) is 0 Å². The molecule has 1 aromatic heterocycles. The van der Waals surface area contributed by atoms with Gasteiger partial charge in [-0.15, -0.1) is 0 Å². The molecule has 2 fully saturated rings. The number of nitrogens with zero attached hydrogens (tertiary/aromatic N) is 2. The highest BCUT2D eigenvalue weighted by Gasteiger charge is 2.23. The lowest BCUT2D eigenvalue weighted by Crippen LogP contribution is -2.19. The van der Waals surface area contributed by atoms with Gasteiger partial charge in [-0.25, -0.2) is 4.98 Å². The minimum absolute atomic E-state index is 0.669. The number of fused-ring (bicyclic) bond motifs is 1. The monoisotopic (exact) mass is 253 g/mol. The van der Waals surface area contributed by atoms with Crippen LogP contribution in [0.4, 0.5) is 11.5 Å². The second-order valence-electron chi connectivity index (χ2n) is 5.65. The van der Waals surface area contributed by atoms with Gasteiger partial charge >= 0.3 is 0 Å². The van der Waals surface area contributed by atoms with E-state index in [9.17, 15) is 0 Å². The van der Waals surface area contributed by atoms with Gasteiger partial charge in [0.15, 0.2) is 0 Å². The van der Waals surface area contributed by atoms with Crippen LogP contribution in [-0.4, -0.2) is 24.1 Å². The molecule has 2 aliphatic rings. The summed E-state index contributed by atoms with van der Waals surface area (Å²) in [4.78, 5) is 7.15. The van der Waals surface area contributed by atoms with Gasteiger partial charge in [-0.2, -0.15) is 0 Å². The maximum Gasteiger partial charge on any atom is 0.136 e.